The number of nitrogens with zero attached hydrogens (tertiary/aromatic N) is 2. The van der Waals surface area contributed by atoms with Gasteiger partial charge in [0.1, 0.15) is 5.52 Å². The average Bonchev–Trinajstić information content (AvgIpc) is 2.96. The molecule has 3 aromatic rings. The number of H-pyrrole nitrogens is 1. The molecule has 0 aliphatic carbocycles. The number of nitrogens with one attached hydrogen (secondary N) is 1. The number of benzene rings is 1. The van der Waals surface area contributed by atoms with Gasteiger partial charge in [-0.05, 0) is 41.3 Å². The van der Waals surface area contributed by atoms with Crippen LogP contribution >= 0.6 is 0 Å². The number of nitro groups is 1. The van der Waals surface area contributed by atoms with E-state index in [1.807, 2.05) is 12.1 Å². The summed E-state index contributed by atoms with van der Waals surface area (Å²) in [5.41, 5.74) is 2.81. The van der Waals surface area contributed by atoms with Gasteiger partial charge in [0.2, 0.25) is 0 Å². The Hall–Kier alpha value is -3.22. The van der Waals surface area contributed by atoms with Crippen LogP contribution in [0.2, 0.25) is 0 Å². The summed E-state index contributed by atoms with van der Waals surface area (Å²) in [5.74, 6) is -0.907. The molecule has 23 heavy (non-hydrogen) atoms. The second-order valence-corrected chi connectivity index (χ2v) is 5.08. The van der Waals surface area contributed by atoms with Gasteiger partial charge in [-0.1, -0.05) is 0 Å². The molecule has 0 spiro atoms. The molecule has 0 aliphatic rings. The Balaban J connectivity index is 2.23. The number of aromatic amines is 1. The van der Waals surface area contributed by atoms with Crippen molar-refractivity contribution in [2.45, 2.75) is 12.8 Å². The van der Waals surface area contributed by atoms with Crippen molar-refractivity contribution in [3.05, 3.63) is 58.5 Å². The summed E-state index contributed by atoms with van der Waals surface area (Å²) < 4.78 is 0. The van der Waals surface area contributed by atoms with Crippen LogP contribution in [0, 0.1) is 10.1 Å². The summed E-state index contributed by atoms with van der Waals surface area (Å²) in [5, 5.41) is 20.8. The van der Waals surface area contributed by atoms with Crippen molar-refractivity contribution in [1.82, 2.24) is 9.97 Å². The quantitative estimate of drug-likeness (QED) is 0.555. The Kier molecular flexibility index (Phi) is 3.76. The van der Waals surface area contributed by atoms with Crippen LogP contribution in [-0.4, -0.2) is 26.0 Å². The number of pyridine rings is 1. The van der Waals surface area contributed by atoms with E-state index < -0.39 is 10.9 Å². The van der Waals surface area contributed by atoms with E-state index in [0.717, 1.165) is 16.7 Å². The van der Waals surface area contributed by atoms with Crippen LogP contribution < -0.4 is 0 Å². The van der Waals surface area contributed by atoms with Crippen molar-refractivity contribution in [3.63, 3.8) is 0 Å². The zero-order chi connectivity index (χ0) is 16.4. The lowest BCUT2D eigenvalue weighted by molar-refractivity contribution is -0.383. The van der Waals surface area contributed by atoms with Crippen LogP contribution in [0.3, 0.4) is 0 Å². The molecule has 0 saturated heterocycles. The molecule has 3 rings (SSSR count). The topological polar surface area (TPSA) is 109 Å². The highest BCUT2D eigenvalue weighted by Gasteiger charge is 2.19. The Bertz CT molecular complexity index is 887. The van der Waals surface area contributed by atoms with E-state index in [4.69, 9.17) is 5.11 Å². The van der Waals surface area contributed by atoms with Gasteiger partial charge in [-0.25, -0.2) is 0 Å². The summed E-state index contributed by atoms with van der Waals surface area (Å²) in [6.45, 7) is 0. The zero-order valence-electron chi connectivity index (χ0n) is 12.0. The largest absolute Gasteiger partial charge is 0.481 e. The maximum Gasteiger partial charge on any atom is 0.303 e. The highest BCUT2D eigenvalue weighted by molar-refractivity contribution is 6.02. The SMILES string of the molecule is O=C(O)CCc1c[nH]c2c([N+](=O)[O-])ccc(-c3ccncc3)c12. The van der Waals surface area contributed by atoms with Crippen LogP contribution in [0.25, 0.3) is 22.0 Å². The fraction of sp³-hybridized carbons (Fsp3) is 0.125. The van der Waals surface area contributed by atoms with E-state index in [1.165, 1.54) is 6.07 Å². The third kappa shape index (κ3) is 2.76. The zero-order valence-corrected chi connectivity index (χ0v) is 12.0. The standard InChI is InChI=1S/C16H13N3O4/c20-14(21)4-1-11-9-18-16-13(19(22)23)3-2-12(15(11)16)10-5-7-17-8-6-10/h2-3,5-9,18H,1,4H2,(H,20,21). The van der Waals surface area contributed by atoms with Crippen LogP contribution in [0.5, 0.6) is 0 Å². The predicted octanol–water partition coefficient (Wildman–Crippen LogP) is 3.16. The van der Waals surface area contributed by atoms with Gasteiger partial charge in [0.25, 0.3) is 5.69 Å². The van der Waals surface area contributed by atoms with E-state index in [-0.39, 0.29) is 12.1 Å². The van der Waals surface area contributed by atoms with Gasteiger partial charge in [0.05, 0.1) is 4.92 Å². The molecule has 7 nitrogen and oxygen atoms in total. The van der Waals surface area contributed by atoms with Crippen LogP contribution in [0.1, 0.15) is 12.0 Å². The summed E-state index contributed by atoms with van der Waals surface area (Å²) in [7, 11) is 0. The van der Waals surface area contributed by atoms with Crippen molar-refractivity contribution in [1.29, 1.82) is 0 Å². The number of hydrogen-bond donors (Lipinski definition) is 2. The van der Waals surface area contributed by atoms with E-state index in [0.29, 0.717) is 17.3 Å². The van der Waals surface area contributed by atoms with Crippen LogP contribution in [0.4, 0.5) is 5.69 Å². The first kappa shape index (κ1) is 14.7. The number of carboxylic acids is 1. The smallest absolute Gasteiger partial charge is 0.303 e. The molecule has 0 amide bonds. The number of aryl methyl sites for hydroxylation is 1. The molecular weight excluding hydrogens is 298 g/mol. The maximum atomic E-state index is 11.2. The molecule has 0 aliphatic heterocycles. The molecule has 1 aromatic carbocycles. The van der Waals surface area contributed by atoms with Gasteiger partial charge in [-0.3, -0.25) is 19.9 Å². The Labute approximate surface area is 130 Å². The molecule has 2 aromatic heterocycles. The van der Waals surface area contributed by atoms with Gasteiger partial charge in [0.15, 0.2) is 0 Å². The molecular formula is C16H13N3O4. The summed E-state index contributed by atoms with van der Waals surface area (Å²) in [6, 6.07) is 6.77. The molecule has 2 heterocycles. The van der Waals surface area contributed by atoms with Crippen molar-refractivity contribution in [3.8, 4) is 11.1 Å². The van der Waals surface area contributed by atoms with Crippen molar-refractivity contribution in [2.75, 3.05) is 0 Å². The van der Waals surface area contributed by atoms with Gasteiger partial charge in [-0.2, -0.15) is 0 Å². The maximum absolute atomic E-state index is 11.2. The molecule has 0 fully saturated rings. The van der Waals surface area contributed by atoms with E-state index in [2.05, 4.69) is 9.97 Å². The normalized spacial score (nSPS) is 10.8. The molecule has 0 radical (unpaired) electrons. The molecule has 7 heteroatoms. The Morgan fingerprint density at radius 1 is 1.26 bits per heavy atom. The lowest BCUT2D eigenvalue weighted by Gasteiger charge is -2.06. The number of hydrogen-bond acceptors (Lipinski definition) is 4. The number of carbonyl (C=O) groups is 1. The lowest BCUT2D eigenvalue weighted by atomic mass is 9.97. The highest BCUT2D eigenvalue weighted by atomic mass is 16.6. The van der Waals surface area contributed by atoms with Crippen LogP contribution in [0.15, 0.2) is 42.9 Å². The van der Waals surface area contributed by atoms with Crippen LogP contribution in [-0.2, 0) is 11.2 Å². The van der Waals surface area contributed by atoms with Gasteiger partial charge in [-0.15, -0.1) is 0 Å². The summed E-state index contributed by atoms with van der Waals surface area (Å²) in [4.78, 5) is 28.5. The number of rotatable bonds is 5. The minimum atomic E-state index is -0.907. The fourth-order valence-electron chi connectivity index (χ4n) is 2.67. The average molecular weight is 311 g/mol. The van der Waals surface area contributed by atoms with E-state index in [1.54, 1.807) is 24.7 Å². The second-order valence-electron chi connectivity index (χ2n) is 5.08. The first-order chi connectivity index (χ1) is 11.1. The van der Waals surface area contributed by atoms with Gasteiger partial charge < -0.3 is 10.1 Å². The van der Waals surface area contributed by atoms with Gasteiger partial charge in [0, 0.05) is 36.5 Å². The van der Waals surface area contributed by atoms with Gasteiger partial charge >= 0.3 is 5.97 Å². The first-order valence-corrected chi connectivity index (χ1v) is 6.97. The molecule has 116 valence electrons. The summed E-state index contributed by atoms with van der Waals surface area (Å²) in [6.07, 6.45) is 5.20. The number of non-ortho nitro benzene ring substituents is 1. The van der Waals surface area contributed by atoms with Crippen molar-refractivity contribution in [2.24, 2.45) is 0 Å². The third-order valence-corrected chi connectivity index (χ3v) is 3.69. The lowest BCUT2D eigenvalue weighted by Crippen LogP contribution is -1.97. The first-order valence-electron chi connectivity index (χ1n) is 6.97. The highest BCUT2D eigenvalue weighted by Crippen LogP contribution is 2.36. The minimum absolute atomic E-state index is 0.0284. The number of nitro benzene ring substituents is 1. The minimum Gasteiger partial charge on any atom is -0.481 e. The van der Waals surface area contributed by atoms with Crippen molar-refractivity contribution < 1.29 is 14.8 Å². The molecule has 0 bridgehead atoms. The predicted molar refractivity (Wildman–Crippen MR) is 84.1 cm³/mol. The number of fused-ring (bicyclic) bond motifs is 1. The molecule has 2 N–H and O–H groups in total. The number of aromatic nitrogens is 2. The number of carboxylic acid groups (broad SMARTS) is 1. The van der Waals surface area contributed by atoms with E-state index >= 15 is 0 Å². The third-order valence-electron chi connectivity index (χ3n) is 3.69. The monoisotopic (exact) mass is 311 g/mol. The molecule has 0 saturated carbocycles. The van der Waals surface area contributed by atoms with E-state index in [9.17, 15) is 14.9 Å². The Morgan fingerprint density at radius 2 is 2.00 bits per heavy atom. The van der Waals surface area contributed by atoms with Crippen molar-refractivity contribution >= 4 is 22.6 Å². The fourth-order valence-corrected chi connectivity index (χ4v) is 2.67. The Morgan fingerprint density at radius 3 is 2.65 bits per heavy atom. The molecule has 0 atom stereocenters. The number of aliphatic carboxylic acids is 1. The second kappa shape index (κ2) is 5.88. The molecule has 0 unspecified atom stereocenters. The summed E-state index contributed by atoms with van der Waals surface area (Å²) >= 11 is 0.